The van der Waals surface area contributed by atoms with Gasteiger partial charge in [0.2, 0.25) is 0 Å². The molecule has 12 nitrogen and oxygen atoms in total. The van der Waals surface area contributed by atoms with Crippen molar-refractivity contribution in [3.8, 4) is 0 Å². The Bertz CT molecular complexity index is 931. The highest BCUT2D eigenvalue weighted by Crippen LogP contribution is 2.25. The number of rotatable bonds is 14. The van der Waals surface area contributed by atoms with Crippen LogP contribution in [0.5, 0.6) is 0 Å². The van der Waals surface area contributed by atoms with Crippen molar-refractivity contribution in [3.05, 3.63) is 46.0 Å². The van der Waals surface area contributed by atoms with Crippen molar-refractivity contribution in [1.82, 2.24) is 15.3 Å². The van der Waals surface area contributed by atoms with Gasteiger partial charge in [-0.05, 0) is 63.9 Å². The summed E-state index contributed by atoms with van der Waals surface area (Å²) >= 11 is 0. The summed E-state index contributed by atoms with van der Waals surface area (Å²) in [5.74, 6) is -1.14. The maximum atomic E-state index is 13.7. The Balaban J connectivity index is 1.63. The van der Waals surface area contributed by atoms with Gasteiger partial charge in [0, 0.05) is 13.1 Å². The summed E-state index contributed by atoms with van der Waals surface area (Å²) in [5.41, 5.74) is 1.09. The van der Waals surface area contributed by atoms with Crippen LogP contribution in [0.1, 0.15) is 57.4 Å². The molecule has 3 unspecified atom stereocenters. The normalized spacial score (nSPS) is 20.7. The van der Waals surface area contributed by atoms with Crippen LogP contribution in [-0.4, -0.2) is 84.0 Å². The van der Waals surface area contributed by atoms with Crippen LogP contribution >= 0.6 is 0 Å². The van der Waals surface area contributed by atoms with Crippen molar-refractivity contribution >= 4 is 17.8 Å². The molecule has 3 rings (SSSR count). The number of nitrogens with one attached hydrogen (secondary N) is 1. The molecule has 210 valence electrons. The smallest absolute Gasteiger partial charge is 0.330 e. The largest absolute Gasteiger partial charge is 0.465 e. The molecule has 0 bridgehead atoms. The Morgan fingerprint density at radius 3 is 2.53 bits per heavy atom. The van der Waals surface area contributed by atoms with Gasteiger partial charge in [0.1, 0.15) is 12.1 Å². The van der Waals surface area contributed by atoms with E-state index in [0.717, 1.165) is 18.4 Å². The van der Waals surface area contributed by atoms with Gasteiger partial charge in [-0.15, -0.1) is 10.1 Å². The molecule has 2 aliphatic heterocycles. The minimum absolute atomic E-state index is 0.0639. The first-order valence-corrected chi connectivity index (χ1v) is 13.4. The highest BCUT2D eigenvalue weighted by molar-refractivity contribution is 5.88. The topological polar surface area (TPSA) is 141 Å². The summed E-state index contributed by atoms with van der Waals surface area (Å²) in [4.78, 5) is 54.0. The number of hydrogen-bond acceptors (Lipinski definition) is 10. The Morgan fingerprint density at radius 2 is 1.82 bits per heavy atom. The zero-order valence-corrected chi connectivity index (χ0v) is 21.9. The molecule has 0 saturated carbocycles. The molecular formula is C26H38N4O8. The fraction of sp³-hybridized carbons (Fsp3) is 0.654. The minimum Gasteiger partial charge on any atom is -0.465 e. The Hall–Kier alpha value is -3.25. The van der Waals surface area contributed by atoms with E-state index in [9.17, 15) is 24.5 Å². The molecular weight excluding hydrogens is 496 g/mol. The molecule has 1 N–H and O–H groups in total. The van der Waals surface area contributed by atoms with Crippen molar-refractivity contribution in [3.63, 3.8) is 0 Å². The third-order valence-corrected chi connectivity index (χ3v) is 6.72. The molecule has 1 amide bonds. The number of carbonyl (C=O) groups is 3. The zero-order valence-electron chi connectivity index (χ0n) is 21.9. The van der Waals surface area contributed by atoms with Gasteiger partial charge in [-0.3, -0.25) is 19.9 Å². The highest BCUT2D eigenvalue weighted by Gasteiger charge is 2.43. The summed E-state index contributed by atoms with van der Waals surface area (Å²) in [5, 5.41) is 16.1. The third-order valence-electron chi connectivity index (χ3n) is 6.72. The molecule has 2 saturated heterocycles. The lowest BCUT2D eigenvalue weighted by Crippen LogP contribution is -2.62. The van der Waals surface area contributed by atoms with E-state index in [4.69, 9.17) is 9.47 Å². The Morgan fingerprint density at radius 1 is 1.11 bits per heavy atom. The van der Waals surface area contributed by atoms with Gasteiger partial charge >= 0.3 is 11.9 Å². The van der Waals surface area contributed by atoms with E-state index in [-0.39, 0.29) is 25.7 Å². The lowest BCUT2D eigenvalue weighted by molar-refractivity contribution is -0.757. The van der Waals surface area contributed by atoms with Crippen LogP contribution < -0.4 is 5.32 Å². The summed E-state index contributed by atoms with van der Waals surface area (Å²) < 4.78 is 10.7. The molecule has 2 aliphatic rings. The molecule has 38 heavy (non-hydrogen) atoms. The summed E-state index contributed by atoms with van der Waals surface area (Å²) in [6.07, 6.45) is 4.40. The molecule has 3 atom stereocenters. The second-order valence-corrected chi connectivity index (χ2v) is 9.42. The van der Waals surface area contributed by atoms with Gasteiger partial charge in [-0.2, -0.15) is 0 Å². The number of unbranched alkanes of at least 4 members (excludes halogenated alkanes) is 1. The molecule has 0 aromatic heterocycles. The molecule has 12 heteroatoms. The second kappa shape index (κ2) is 15.2. The van der Waals surface area contributed by atoms with Gasteiger partial charge < -0.3 is 14.3 Å². The molecule has 2 fully saturated rings. The van der Waals surface area contributed by atoms with E-state index in [1.807, 2.05) is 35.3 Å². The van der Waals surface area contributed by atoms with Crippen LogP contribution in [0.4, 0.5) is 0 Å². The predicted octanol–water partition coefficient (Wildman–Crippen LogP) is 2.04. The van der Waals surface area contributed by atoms with Crippen LogP contribution in [0.25, 0.3) is 0 Å². The number of carbonyl (C=O) groups excluding carboxylic acids is 3. The number of ether oxygens (including phenoxy) is 2. The molecule has 0 radical (unpaired) electrons. The standard InChI is InChI=1S/C26H38N4O8/c1-2-36-25(32)22(15-14-20-10-4-3-5-11-20)27-21-12-8-16-28-17-9-13-23(29(28)24(21)31)26(33)37-18-6-7-19-38-30(34)35/h3-5,10-11,21-23,27H,2,6-9,12-19H2,1H3. The van der Waals surface area contributed by atoms with Gasteiger partial charge in [-0.25, -0.2) is 9.80 Å². The average Bonchev–Trinajstić information content (AvgIpc) is 3.07. The van der Waals surface area contributed by atoms with Crippen molar-refractivity contribution in [2.24, 2.45) is 0 Å². The van der Waals surface area contributed by atoms with Crippen LogP contribution in [0, 0.1) is 10.1 Å². The molecule has 2 heterocycles. The van der Waals surface area contributed by atoms with E-state index >= 15 is 0 Å². The second-order valence-electron chi connectivity index (χ2n) is 9.42. The monoisotopic (exact) mass is 534 g/mol. The number of amides is 1. The van der Waals surface area contributed by atoms with Gasteiger partial charge in [-0.1, -0.05) is 30.3 Å². The lowest BCUT2D eigenvalue weighted by atomic mass is 10.0. The first kappa shape index (κ1) is 29.3. The summed E-state index contributed by atoms with van der Waals surface area (Å²) in [7, 11) is 0. The fourth-order valence-electron chi connectivity index (χ4n) is 4.86. The predicted molar refractivity (Wildman–Crippen MR) is 136 cm³/mol. The average molecular weight is 535 g/mol. The molecule has 1 aromatic rings. The Kier molecular flexibility index (Phi) is 11.7. The third kappa shape index (κ3) is 8.66. The number of esters is 2. The fourth-order valence-corrected chi connectivity index (χ4v) is 4.86. The quantitative estimate of drug-likeness (QED) is 0.163. The highest BCUT2D eigenvalue weighted by atomic mass is 16.9. The van der Waals surface area contributed by atoms with Crippen LogP contribution in [0.3, 0.4) is 0 Å². The van der Waals surface area contributed by atoms with E-state index in [1.54, 1.807) is 6.92 Å². The first-order valence-electron chi connectivity index (χ1n) is 13.4. The lowest BCUT2D eigenvalue weighted by Gasteiger charge is -2.42. The zero-order chi connectivity index (χ0) is 27.3. The van der Waals surface area contributed by atoms with Gasteiger partial charge in [0.25, 0.3) is 11.0 Å². The molecule has 1 aromatic carbocycles. The summed E-state index contributed by atoms with van der Waals surface area (Å²) in [6.45, 7) is 3.30. The molecule has 0 spiro atoms. The maximum Gasteiger partial charge on any atom is 0.330 e. The minimum atomic E-state index is -0.855. The van der Waals surface area contributed by atoms with Crippen molar-refractivity contribution < 1.29 is 33.8 Å². The van der Waals surface area contributed by atoms with Crippen molar-refractivity contribution in [1.29, 1.82) is 0 Å². The van der Waals surface area contributed by atoms with Crippen LogP contribution in [0.15, 0.2) is 30.3 Å². The van der Waals surface area contributed by atoms with E-state index in [0.29, 0.717) is 51.6 Å². The van der Waals surface area contributed by atoms with Crippen molar-refractivity contribution in [2.45, 2.75) is 76.4 Å². The van der Waals surface area contributed by atoms with E-state index in [2.05, 4.69) is 10.2 Å². The Labute approximate surface area is 222 Å². The first-order chi connectivity index (χ1) is 18.4. The number of benzene rings is 1. The number of hydrazine groups is 1. The maximum absolute atomic E-state index is 13.7. The number of hydrogen-bond donors (Lipinski definition) is 1. The SMILES string of the molecule is CCOC(=O)C(CCc1ccccc1)NC1CCCN2CCCC(C(=O)OCCCCO[N+](=O)[O-])N2C1=O. The van der Waals surface area contributed by atoms with Crippen LogP contribution in [-0.2, 0) is 35.1 Å². The van der Waals surface area contributed by atoms with Crippen molar-refractivity contribution in [2.75, 3.05) is 32.9 Å². The van der Waals surface area contributed by atoms with E-state index in [1.165, 1.54) is 5.01 Å². The number of aryl methyl sites for hydroxylation is 1. The van der Waals surface area contributed by atoms with E-state index < -0.39 is 35.2 Å². The number of nitrogens with zero attached hydrogens (tertiary/aromatic N) is 3. The summed E-state index contributed by atoms with van der Waals surface area (Å²) in [6, 6.07) is 7.77. The molecule has 0 aliphatic carbocycles. The number of fused-ring (bicyclic) bond motifs is 1. The van der Waals surface area contributed by atoms with Gasteiger partial charge in [0.05, 0.1) is 25.9 Å². The van der Waals surface area contributed by atoms with Crippen LogP contribution in [0.2, 0.25) is 0 Å². The van der Waals surface area contributed by atoms with Gasteiger partial charge in [0.15, 0.2) is 0 Å².